The van der Waals surface area contributed by atoms with Crippen molar-refractivity contribution in [2.24, 2.45) is 5.92 Å². The highest BCUT2D eigenvalue weighted by molar-refractivity contribution is 7.85. The van der Waals surface area contributed by atoms with Gasteiger partial charge in [-0.05, 0) is 39.3 Å². The molecule has 0 spiro atoms. The van der Waals surface area contributed by atoms with Crippen LogP contribution in [0.2, 0.25) is 0 Å². The van der Waals surface area contributed by atoms with Crippen molar-refractivity contribution in [3.8, 4) is 0 Å². The Bertz CT molecular complexity index is 985. The number of carbonyl (C=O) groups is 1. The molecule has 4 atom stereocenters. The smallest absolute Gasteiger partial charge is 0.417 e. The second kappa shape index (κ2) is 8.53. The molecule has 0 amide bonds. The Balaban J connectivity index is 2.67. The van der Waals surface area contributed by atoms with Gasteiger partial charge in [0.05, 0.1) is 12.9 Å². The first kappa shape index (κ1) is 26.5. The summed E-state index contributed by atoms with van der Waals surface area (Å²) in [7, 11) is -4.10. The van der Waals surface area contributed by atoms with Gasteiger partial charge >= 0.3 is 12.1 Å². The molecule has 0 saturated carbocycles. The van der Waals surface area contributed by atoms with Gasteiger partial charge in [-0.1, -0.05) is 13.0 Å². The largest absolute Gasteiger partial charge is 0.458 e. The van der Waals surface area contributed by atoms with Crippen LogP contribution in [-0.4, -0.2) is 44.1 Å². The Morgan fingerprint density at radius 2 is 1.75 bits per heavy atom. The zero-order valence-electron chi connectivity index (χ0n) is 18.3. The quantitative estimate of drug-likeness (QED) is 0.351. The Labute approximate surface area is 183 Å². The second-order valence-electron chi connectivity index (χ2n) is 8.89. The molecule has 0 N–H and O–H groups in total. The highest BCUT2D eigenvalue weighted by atomic mass is 32.2. The summed E-state index contributed by atoms with van der Waals surface area (Å²) in [6.45, 7) is 5.44. The minimum atomic E-state index is -4.91. The van der Waals surface area contributed by atoms with Crippen LogP contribution in [-0.2, 0) is 35.2 Å². The molecule has 2 rings (SSSR count). The Hall–Kier alpha value is -1.79. The van der Waals surface area contributed by atoms with Gasteiger partial charge in [-0.15, -0.1) is 0 Å². The lowest BCUT2D eigenvalue weighted by molar-refractivity contribution is -0.274. The molecule has 1 aromatic carbocycles. The zero-order chi connectivity index (χ0) is 24.9. The van der Waals surface area contributed by atoms with Gasteiger partial charge in [0.15, 0.2) is 23.3 Å². The fourth-order valence-electron chi connectivity index (χ4n) is 3.59. The van der Waals surface area contributed by atoms with E-state index in [4.69, 9.17) is 9.47 Å². The van der Waals surface area contributed by atoms with Crippen LogP contribution in [0.5, 0.6) is 0 Å². The Morgan fingerprint density at radius 1 is 1.19 bits per heavy atom. The molecule has 1 fully saturated rings. The zero-order valence-corrected chi connectivity index (χ0v) is 19.2. The van der Waals surface area contributed by atoms with Gasteiger partial charge in [0.25, 0.3) is 10.1 Å². The van der Waals surface area contributed by atoms with Crippen molar-refractivity contribution in [1.82, 2.24) is 0 Å². The molecular formula is C20H25F5O6S. The van der Waals surface area contributed by atoms with E-state index in [9.17, 15) is 35.2 Å². The standard InChI is InChI=1S/C20H25F5O6S/c1-10-14(11-7-8-13(21)15(22)12(11)9-29-32(6,27)28)16(17(26)31-18(2,3)4)30-19(10,5)20(23,24)25/h7-8,10,14,16H,9H2,1-6H3. The average Bonchev–Trinajstić information content (AvgIpc) is 2.87. The van der Waals surface area contributed by atoms with Crippen molar-refractivity contribution in [3.63, 3.8) is 0 Å². The fourth-order valence-corrected chi connectivity index (χ4v) is 3.93. The molecule has 1 aliphatic heterocycles. The van der Waals surface area contributed by atoms with Crippen molar-refractivity contribution in [2.45, 2.75) is 70.6 Å². The van der Waals surface area contributed by atoms with E-state index in [0.717, 1.165) is 19.9 Å². The Morgan fingerprint density at radius 3 is 2.22 bits per heavy atom. The van der Waals surface area contributed by atoms with Gasteiger partial charge < -0.3 is 9.47 Å². The van der Waals surface area contributed by atoms with E-state index < -0.39 is 75.2 Å². The summed E-state index contributed by atoms with van der Waals surface area (Å²) >= 11 is 0. The van der Waals surface area contributed by atoms with E-state index in [1.165, 1.54) is 20.8 Å². The first-order chi connectivity index (χ1) is 14.3. The monoisotopic (exact) mass is 488 g/mol. The van der Waals surface area contributed by atoms with Gasteiger partial charge in [0.1, 0.15) is 5.60 Å². The minimum Gasteiger partial charge on any atom is -0.458 e. The number of carbonyl (C=O) groups excluding carboxylic acids is 1. The predicted molar refractivity (Wildman–Crippen MR) is 103 cm³/mol. The van der Waals surface area contributed by atoms with E-state index in [1.54, 1.807) is 0 Å². The van der Waals surface area contributed by atoms with Gasteiger partial charge in [0.2, 0.25) is 0 Å². The van der Waals surface area contributed by atoms with Crippen LogP contribution in [0.25, 0.3) is 0 Å². The maximum Gasteiger partial charge on any atom is 0.417 e. The van der Waals surface area contributed by atoms with Crippen LogP contribution < -0.4 is 0 Å². The molecular weight excluding hydrogens is 463 g/mol. The number of halogens is 5. The van der Waals surface area contributed by atoms with E-state index in [2.05, 4.69) is 4.18 Å². The maximum atomic E-state index is 14.6. The van der Waals surface area contributed by atoms with Crippen molar-refractivity contribution in [3.05, 3.63) is 34.9 Å². The van der Waals surface area contributed by atoms with Crippen LogP contribution >= 0.6 is 0 Å². The second-order valence-corrected chi connectivity index (χ2v) is 10.5. The topological polar surface area (TPSA) is 78.9 Å². The third kappa shape index (κ3) is 5.40. The molecule has 0 bridgehead atoms. The molecule has 1 aliphatic rings. The van der Waals surface area contributed by atoms with Crippen molar-refractivity contribution in [1.29, 1.82) is 0 Å². The van der Waals surface area contributed by atoms with E-state index in [1.807, 2.05) is 0 Å². The molecule has 0 radical (unpaired) electrons. The average molecular weight is 488 g/mol. The highest BCUT2D eigenvalue weighted by Gasteiger charge is 2.66. The number of ether oxygens (including phenoxy) is 2. The molecule has 182 valence electrons. The Kier molecular flexibility index (Phi) is 7.05. The van der Waals surface area contributed by atoms with Crippen LogP contribution in [0.4, 0.5) is 22.0 Å². The SMILES string of the molecule is CC1C(c2ccc(F)c(F)c2COS(C)(=O)=O)C(C(=O)OC(C)(C)C)OC1(C)C(F)(F)F. The third-order valence-corrected chi connectivity index (χ3v) is 5.86. The number of alkyl halides is 3. The summed E-state index contributed by atoms with van der Waals surface area (Å²) in [5.41, 5.74) is -4.76. The lowest BCUT2D eigenvalue weighted by Gasteiger charge is -2.32. The molecule has 0 aromatic heterocycles. The number of hydrogen-bond acceptors (Lipinski definition) is 6. The lowest BCUT2D eigenvalue weighted by atomic mass is 9.76. The summed E-state index contributed by atoms with van der Waals surface area (Å²) < 4.78 is 108. The van der Waals surface area contributed by atoms with Crippen molar-refractivity contribution in [2.75, 3.05) is 6.26 Å². The molecule has 12 heteroatoms. The summed E-state index contributed by atoms with van der Waals surface area (Å²) in [5.74, 6) is -6.88. The van der Waals surface area contributed by atoms with Gasteiger partial charge in [-0.3, -0.25) is 4.18 Å². The highest BCUT2D eigenvalue weighted by Crippen LogP contribution is 2.54. The van der Waals surface area contributed by atoms with E-state index >= 15 is 0 Å². The molecule has 6 nitrogen and oxygen atoms in total. The number of rotatable bonds is 5. The molecule has 4 unspecified atom stereocenters. The molecule has 1 heterocycles. The summed E-state index contributed by atoms with van der Waals surface area (Å²) in [6, 6.07) is 1.67. The number of hydrogen-bond donors (Lipinski definition) is 0. The molecule has 0 aliphatic carbocycles. The van der Waals surface area contributed by atoms with Crippen LogP contribution in [0.15, 0.2) is 12.1 Å². The summed E-state index contributed by atoms with van der Waals surface area (Å²) in [6.07, 6.45) is -6.06. The first-order valence-electron chi connectivity index (χ1n) is 9.57. The normalized spacial score (nSPS) is 26.9. The molecule has 1 saturated heterocycles. The van der Waals surface area contributed by atoms with Crippen LogP contribution in [0.1, 0.15) is 51.7 Å². The number of benzene rings is 1. The summed E-state index contributed by atoms with van der Waals surface area (Å²) in [4.78, 5) is 12.8. The summed E-state index contributed by atoms with van der Waals surface area (Å²) in [5, 5.41) is 0. The lowest BCUT2D eigenvalue weighted by Crippen LogP contribution is -2.47. The molecule has 32 heavy (non-hydrogen) atoms. The number of esters is 1. The van der Waals surface area contributed by atoms with E-state index in [-0.39, 0.29) is 5.56 Å². The molecule has 1 aromatic rings. The fraction of sp³-hybridized carbons (Fsp3) is 0.650. The predicted octanol–water partition coefficient (Wildman–Crippen LogP) is 4.22. The van der Waals surface area contributed by atoms with Gasteiger partial charge in [0, 0.05) is 17.4 Å². The minimum absolute atomic E-state index is 0.246. The van der Waals surface area contributed by atoms with Gasteiger partial charge in [-0.25, -0.2) is 13.6 Å². The first-order valence-corrected chi connectivity index (χ1v) is 11.4. The van der Waals surface area contributed by atoms with Crippen molar-refractivity contribution >= 4 is 16.1 Å². The third-order valence-electron chi connectivity index (χ3n) is 5.32. The maximum absolute atomic E-state index is 14.6. The van der Waals surface area contributed by atoms with Crippen LogP contribution in [0.3, 0.4) is 0 Å². The van der Waals surface area contributed by atoms with Crippen LogP contribution in [0, 0.1) is 17.6 Å². The van der Waals surface area contributed by atoms with E-state index in [0.29, 0.717) is 12.3 Å². The van der Waals surface area contributed by atoms with Crippen molar-refractivity contribution < 1.29 is 48.8 Å². The van der Waals surface area contributed by atoms with Gasteiger partial charge in [-0.2, -0.15) is 21.6 Å².